The SMILES string of the molecule is O=C(O)CN(C(=O)C1CC1c1ccccc1OC(F)(F)F)C1CC1. The van der Waals surface area contributed by atoms with Crippen molar-refractivity contribution < 1.29 is 32.6 Å². The standard InChI is InChI=1S/C16H16F3NO4/c17-16(18,19)24-13-4-2-1-3-10(13)11-7-12(11)15(23)20(8-14(21)22)9-5-6-9/h1-4,9,11-12H,5-8H2,(H,21,22). The van der Waals surface area contributed by atoms with Crippen molar-refractivity contribution in [2.75, 3.05) is 6.54 Å². The van der Waals surface area contributed by atoms with Crippen LogP contribution in [-0.2, 0) is 9.59 Å². The normalized spacial score (nSPS) is 22.8. The number of nitrogens with zero attached hydrogens (tertiary/aromatic N) is 1. The molecule has 0 aliphatic heterocycles. The van der Waals surface area contributed by atoms with E-state index in [1.165, 1.54) is 23.1 Å². The van der Waals surface area contributed by atoms with Crippen molar-refractivity contribution in [1.29, 1.82) is 0 Å². The van der Waals surface area contributed by atoms with E-state index in [9.17, 15) is 22.8 Å². The minimum absolute atomic E-state index is 0.0588. The van der Waals surface area contributed by atoms with Crippen molar-refractivity contribution in [2.24, 2.45) is 5.92 Å². The van der Waals surface area contributed by atoms with Crippen molar-refractivity contribution in [3.8, 4) is 5.75 Å². The molecule has 0 heterocycles. The summed E-state index contributed by atoms with van der Waals surface area (Å²) in [5.41, 5.74) is 0.333. The van der Waals surface area contributed by atoms with Crippen LogP contribution in [0.2, 0.25) is 0 Å². The molecule has 1 aromatic rings. The van der Waals surface area contributed by atoms with Crippen molar-refractivity contribution in [3.63, 3.8) is 0 Å². The van der Waals surface area contributed by atoms with E-state index in [1.54, 1.807) is 6.07 Å². The van der Waals surface area contributed by atoms with Crippen LogP contribution >= 0.6 is 0 Å². The summed E-state index contributed by atoms with van der Waals surface area (Å²) in [5.74, 6) is -2.55. The van der Waals surface area contributed by atoms with Crippen LogP contribution in [0.4, 0.5) is 13.2 Å². The van der Waals surface area contributed by atoms with Crippen LogP contribution in [0.15, 0.2) is 24.3 Å². The van der Waals surface area contributed by atoms with Gasteiger partial charge in [0.05, 0.1) is 0 Å². The topological polar surface area (TPSA) is 66.8 Å². The summed E-state index contributed by atoms with van der Waals surface area (Å²) < 4.78 is 41.5. The Morgan fingerprint density at radius 2 is 1.92 bits per heavy atom. The van der Waals surface area contributed by atoms with E-state index in [2.05, 4.69) is 4.74 Å². The number of para-hydroxylation sites is 1. The second-order valence-corrected chi connectivity index (χ2v) is 6.13. The molecule has 130 valence electrons. The fraction of sp³-hybridized carbons (Fsp3) is 0.500. The maximum absolute atomic E-state index is 12.5. The number of hydrogen-bond donors (Lipinski definition) is 1. The first kappa shape index (κ1) is 16.6. The van der Waals surface area contributed by atoms with Crippen LogP contribution in [0.25, 0.3) is 0 Å². The number of benzene rings is 1. The molecule has 1 amide bonds. The number of carbonyl (C=O) groups excluding carboxylic acids is 1. The number of carboxylic acid groups (broad SMARTS) is 1. The Kier molecular flexibility index (Phi) is 4.15. The van der Waals surface area contributed by atoms with E-state index >= 15 is 0 Å². The number of halogens is 3. The van der Waals surface area contributed by atoms with E-state index in [0.29, 0.717) is 12.0 Å². The van der Waals surface area contributed by atoms with Crippen LogP contribution < -0.4 is 4.74 Å². The first-order valence-electron chi connectivity index (χ1n) is 7.63. The molecule has 0 aromatic heterocycles. The highest BCUT2D eigenvalue weighted by molar-refractivity contribution is 5.87. The Morgan fingerprint density at radius 3 is 2.50 bits per heavy atom. The highest BCUT2D eigenvalue weighted by atomic mass is 19.4. The number of carboxylic acids is 1. The van der Waals surface area contributed by atoms with Gasteiger partial charge in [0.2, 0.25) is 5.91 Å². The highest BCUT2D eigenvalue weighted by Gasteiger charge is 2.50. The zero-order valence-electron chi connectivity index (χ0n) is 12.6. The third kappa shape index (κ3) is 3.80. The summed E-state index contributed by atoms with van der Waals surface area (Å²) in [4.78, 5) is 24.7. The Hall–Kier alpha value is -2.25. The number of rotatable bonds is 6. The largest absolute Gasteiger partial charge is 0.573 e. The summed E-state index contributed by atoms with van der Waals surface area (Å²) >= 11 is 0. The molecule has 2 unspecified atom stereocenters. The molecular formula is C16H16F3NO4. The van der Waals surface area contributed by atoms with E-state index in [-0.39, 0.29) is 30.2 Å². The summed E-state index contributed by atoms with van der Waals surface area (Å²) in [7, 11) is 0. The third-order valence-corrected chi connectivity index (χ3v) is 4.23. The van der Waals surface area contributed by atoms with Crippen LogP contribution in [0.5, 0.6) is 5.75 Å². The predicted molar refractivity (Wildman–Crippen MR) is 76.3 cm³/mol. The number of ether oxygens (including phenoxy) is 1. The molecule has 0 bridgehead atoms. The highest BCUT2D eigenvalue weighted by Crippen LogP contribution is 2.52. The lowest BCUT2D eigenvalue weighted by atomic mass is 10.1. The number of alkyl halides is 3. The maximum Gasteiger partial charge on any atom is 0.573 e. The number of amides is 1. The fourth-order valence-electron chi connectivity index (χ4n) is 2.95. The van der Waals surface area contributed by atoms with E-state index < -0.39 is 18.2 Å². The lowest BCUT2D eigenvalue weighted by molar-refractivity contribution is -0.274. The van der Waals surface area contributed by atoms with E-state index in [4.69, 9.17) is 5.11 Å². The molecule has 0 spiro atoms. The molecule has 8 heteroatoms. The fourth-order valence-corrected chi connectivity index (χ4v) is 2.95. The molecule has 2 atom stereocenters. The molecule has 0 saturated heterocycles. The summed E-state index contributed by atoms with van der Waals surface area (Å²) in [6.07, 6.45) is -2.86. The molecular weight excluding hydrogens is 327 g/mol. The summed E-state index contributed by atoms with van der Waals surface area (Å²) in [6.45, 7) is -0.368. The predicted octanol–water partition coefficient (Wildman–Crippen LogP) is 2.76. The molecule has 3 rings (SSSR count). The molecule has 2 aliphatic rings. The minimum atomic E-state index is -4.80. The van der Waals surface area contributed by atoms with Gasteiger partial charge in [-0.2, -0.15) is 0 Å². The van der Waals surface area contributed by atoms with E-state index in [0.717, 1.165) is 12.8 Å². The molecule has 5 nitrogen and oxygen atoms in total. The van der Waals surface area contributed by atoms with Gasteiger partial charge in [0.15, 0.2) is 0 Å². The van der Waals surface area contributed by atoms with Crippen molar-refractivity contribution in [3.05, 3.63) is 29.8 Å². The zero-order chi connectivity index (χ0) is 17.5. The Balaban J connectivity index is 1.73. The van der Waals surface area contributed by atoms with Crippen molar-refractivity contribution in [2.45, 2.75) is 37.6 Å². The average Bonchev–Trinajstić information content (AvgIpc) is 3.35. The molecule has 1 N–H and O–H groups in total. The number of aliphatic carboxylic acids is 1. The summed E-state index contributed by atoms with van der Waals surface area (Å²) in [5, 5.41) is 8.93. The first-order chi connectivity index (χ1) is 11.3. The molecule has 0 radical (unpaired) electrons. The average molecular weight is 343 g/mol. The molecule has 1 aromatic carbocycles. The lowest BCUT2D eigenvalue weighted by Gasteiger charge is -2.20. The molecule has 2 fully saturated rings. The van der Waals surface area contributed by atoms with Gasteiger partial charge in [0.1, 0.15) is 12.3 Å². The van der Waals surface area contributed by atoms with Gasteiger partial charge in [-0.3, -0.25) is 9.59 Å². The van der Waals surface area contributed by atoms with Gasteiger partial charge in [-0.15, -0.1) is 13.2 Å². The Labute approximate surface area is 136 Å². The molecule has 2 saturated carbocycles. The lowest BCUT2D eigenvalue weighted by Crippen LogP contribution is -2.38. The van der Waals surface area contributed by atoms with Crippen LogP contribution in [-0.4, -0.2) is 40.8 Å². The van der Waals surface area contributed by atoms with Gasteiger partial charge in [-0.25, -0.2) is 0 Å². The third-order valence-electron chi connectivity index (χ3n) is 4.23. The van der Waals surface area contributed by atoms with Crippen LogP contribution in [0, 0.1) is 5.92 Å². The quantitative estimate of drug-likeness (QED) is 0.862. The second kappa shape index (κ2) is 5.99. The molecule has 2 aliphatic carbocycles. The van der Waals surface area contributed by atoms with Gasteiger partial charge in [0, 0.05) is 12.0 Å². The van der Waals surface area contributed by atoms with Crippen molar-refractivity contribution >= 4 is 11.9 Å². The van der Waals surface area contributed by atoms with Gasteiger partial charge >= 0.3 is 12.3 Å². The van der Waals surface area contributed by atoms with Gasteiger partial charge in [-0.05, 0) is 36.8 Å². The first-order valence-corrected chi connectivity index (χ1v) is 7.63. The maximum atomic E-state index is 12.5. The van der Waals surface area contributed by atoms with Gasteiger partial charge in [0.25, 0.3) is 0 Å². The van der Waals surface area contributed by atoms with Crippen molar-refractivity contribution in [1.82, 2.24) is 4.90 Å². The Bertz CT molecular complexity index is 657. The van der Waals surface area contributed by atoms with Crippen LogP contribution in [0.3, 0.4) is 0 Å². The zero-order valence-corrected chi connectivity index (χ0v) is 12.6. The van der Waals surface area contributed by atoms with Crippen LogP contribution in [0.1, 0.15) is 30.7 Å². The summed E-state index contributed by atoms with van der Waals surface area (Å²) in [6, 6.07) is 5.70. The number of hydrogen-bond acceptors (Lipinski definition) is 3. The molecule has 24 heavy (non-hydrogen) atoms. The smallest absolute Gasteiger partial charge is 0.480 e. The number of carbonyl (C=O) groups is 2. The monoisotopic (exact) mass is 343 g/mol. The second-order valence-electron chi connectivity index (χ2n) is 6.13. The minimum Gasteiger partial charge on any atom is -0.480 e. The van der Waals surface area contributed by atoms with Gasteiger partial charge in [-0.1, -0.05) is 18.2 Å². The van der Waals surface area contributed by atoms with E-state index in [1.807, 2.05) is 0 Å². The van der Waals surface area contributed by atoms with Gasteiger partial charge < -0.3 is 14.7 Å². The Morgan fingerprint density at radius 1 is 1.25 bits per heavy atom.